The summed E-state index contributed by atoms with van der Waals surface area (Å²) in [5, 5.41) is 0.412. The Kier molecular flexibility index (Phi) is 4.59. The van der Waals surface area contributed by atoms with Crippen LogP contribution in [0.3, 0.4) is 0 Å². The monoisotopic (exact) mass is 338 g/mol. The van der Waals surface area contributed by atoms with Crippen LogP contribution in [0.4, 0.5) is 13.2 Å². The molecule has 1 aliphatic rings. The highest BCUT2D eigenvalue weighted by Crippen LogP contribution is 2.34. The van der Waals surface area contributed by atoms with Gasteiger partial charge in [-0.2, -0.15) is 18.7 Å². The van der Waals surface area contributed by atoms with Gasteiger partial charge in [-0.3, -0.25) is 4.79 Å². The lowest BCUT2D eigenvalue weighted by atomic mass is 9.89. The number of hydrogen-bond donors (Lipinski definition) is 1. The molecular weight excluding hydrogens is 321 g/mol. The van der Waals surface area contributed by atoms with Gasteiger partial charge in [-0.15, -0.1) is 0 Å². The van der Waals surface area contributed by atoms with Crippen LogP contribution in [0, 0.1) is 5.92 Å². The normalized spacial score (nSPS) is 16.1. The van der Waals surface area contributed by atoms with Crippen molar-refractivity contribution in [2.24, 2.45) is 5.92 Å². The Morgan fingerprint density at radius 3 is 2.58 bits per heavy atom. The molecule has 1 saturated carbocycles. The second kappa shape index (κ2) is 6.67. The van der Waals surface area contributed by atoms with Crippen molar-refractivity contribution >= 4 is 16.8 Å². The maximum atomic E-state index is 13.0. The van der Waals surface area contributed by atoms with Crippen LogP contribution in [-0.4, -0.2) is 10.9 Å². The molecule has 0 atom stereocenters. The van der Waals surface area contributed by atoms with Gasteiger partial charge in [-0.1, -0.05) is 31.4 Å². The van der Waals surface area contributed by atoms with Crippen LogP contribution < -0.4 is 10.3 Å². The van der Waals surface area contributed by atoms with Crippen molar-refractivity contribution in [3.8, 4) is 5.75 Å². The van der Waals surface area contributed by atoms with Gasteiger partial charge in [0.2, 0.25) is 0 Å². The number of nitrogens with zero attached hydrogens (tertiary/aromatic N) is 1. The van der Waals surface area contributed by atoms with Gasteiger partial charge >= 0.3 is 6.18 Å². The summed E-state index contributed by atoms with van der Waals surface area (Å²) in [4.78, 5) is 21.0. The van der Waals surface area contributed by atoms with Crippen molar-refractivity contribution in [2.45, 2.75) is 38.3 Å². The summed E-state index contributed by atoms with van der Waals surface area (Å²) < 4.78 is 38.9. The first-order valence-corrected chi connectivity index (χ1v) is 7.89. The van der Waals surface area contributed by atoms with Gasteiger partial charge in [0.15, 0.2) is 5.75 Å². The fourth-order valence-corrected chi connectivity index (χ4v) is 2.93. The molecule has 0 saturated heterocycles. The zero-order valence-electron chi connectivity index (χ0n) is 12.9. The third-order valence-corrected chi connectivity index (χ3v) is 4.21. The molecule has 128 valence electrons. The average Bonchev–Trinajstić information content (AvgIpc) is 2.59. The van der Waals surface area contributed by atoms with E-state index in [1.54, 1.807) is 18.2 Å². The highest BCUT2D eigenvalue weighted by molar-refractivity contribution is 5.85. The number of aromatic nitrogens is 1. The van der Waals surface area contributed by atoms with E-state index >= 15 is 0 Å². The first-order valence-electron chi connectivity index (χ1n) is 7.89. The fraction of sp³-hybridized carbons (Fsp3) is 0.412. The number of fused-ring (bicyclic) bond motifs is 1. The summed E-state index contributed by atoms with van der Waals surface area (Å²) in [6, 6.07) is 7.15. The first-order chi connectivity index (χ1) is 11.4. The molecule has 0 aliphatic heterocycles. The summed E-state index contributed by atoms with van der Waals surface area (Å²) in [5.41, 5.74) is 1.41. The molecule has 2 aromatic rings. The number of carbonyl (C=O) groups excluding carboxylic acids is 1. The second-order valence-corrected chi connectivity index (χ2v) is 5.92. The molecule has 1 aliphatic carbocycles. The standard InChI is InChI=1S/C17H17F3N2O2/c18-17(19,20)15-10-14(12-8-4-5-9-13(12)21-15)24-22-16(23)11-6-2-1-3-7-11/h4-5,8-11H,1-3,6-7H2,(H,22,23). The van der Waals surface area contributed by atoms with E-state index in [2.05, 4.69) is 10.5 Å². The molecular formula is C17H17F3N2O2. The summed E-state index contributed by atoms with van der Waals surface area (Å²) in [6.07, 6.45) is 0.0350. The number of pyridine rings is 1. The van der Waals surface area contributed by atoms with E-state index in [0.29, 0.717) is 5.39 Å². The van der Waals surface area contributed by atoms with E-state index < -0.39 is 11.9 Å². The van der Waals surface area contributed by atoms with Gasteiger partial charge in [0.05, 0.1) is 5.52 Å². The second-order valence-electron chi connectivity index (χ2n) is 5.92. The van der Waals surface area contributed by atoms with Crippen molar-refractivity contribution in [1.82, 2.24) is 10.5 Å². The molecule has 1 heterocycles. The number of rotatable bonds is 3. The third kappa shape index (κ3) is 3.60. The van der Waals surface area contributed by atoms with Crippen LogP contribution in [0.1, 0.15) is 37.8 Å². The maximum Gasteiger partial charge on any atom is 0.433 e. The number of carbonyl (C=O) groups is 1. The molecule has 7 heteroatoms. The Balaban J connectivity index is 1.83. The van der Waals surface area contributed by atoms with Crippen molar-refractivity contribution in [2.75, 3.05) is 0 Å². The van der Waals surface area contributed by atoms with E-state index in [9.17, 15) is 18.0 Å². The summed E-state index contributed by atoms with van der Waals surface area (Å²) in [7, 11) is 0. The van der Waals surface area contributed by atoms with Crippen LogP contribution >= 0.6 is 0 Å². The Hall–Kier alpha value is -2.31. The number of hydroxylamine groups is 1. The van der Waals surface area contributed by atoms with Gasteiger partial charge in [-0.05, 0) is 25.0 Å². The van der Waals surface area contributed by atoms with Crippen molar-refractivity contribution in [3.63, 3.8) is 0 Å². The van der Waals surface area contributed by atoms with E-state index in [-0.39, 0.29) is 23.1 Å². The lowest BCUT2D eigenvalue weighted by molar-refractivity contribution is -0.141. The molecule has 0 unspecified atom stereocenters. The van der Waals surface area contributed by atoms with Crippen LogP contribution in [-0.2, 0) is 11.0 Å². The lowest BCUT2D eigenvalue weighted by Crippen LogP contribution is -2.34. The minimum Gasteiger partial charge on any atom is -0.379 e. The SMILES string of the molecule is O=C(NOc1cc(C(F)(F)F)nc2ccccc12)C1CCCCC1. The number of nitrogens with one attached hydrogen (secondary N) is 1. The molecule has 1 aromatic carbocycles. The maximum absolute atomic E-state index is 13.0. The summed E-state index contributed by atoms with van der Waals surface area (Å²) in [6.45, 7) is 0. The zero-order valence-corrected chi connectivity index (χ0v) is 12.9. The molecule has 24 heavy (non-hydrogen) atoms. The van der Waals surface area contributed by atoms with Crippen LogP contribution in [0.2, 0.25) is 0 Å². The molecule has 3 rings (SSSR count). The number of hydrogen-bond acceptors (Lipinski definition) is 3. The van der Waals surface area contributed by atoms with Crippen LogP contribution in [0.15, 0.2) is 30.3 Å². The third-order valence-electron chi connectivity index (χ3n) is 4.21. The van der Waals surface area contributed by atoms with Gasteiger partial charge in [0.25, 0.3) is 5.91 Å². The van der Waals surface area contributed by atoms with Crippen molar-refractivity contribution < 1.29 is 22.8 Å². The molecule has 1 amide bonds. The van der Waals surface area contributed by atoms with Crippen molar-refractivity contribution in [1.29, 1.82) is 0 Å². The Morgan fingerprint density at radius 2 is 1.88 bits per heavy atom. The Morgan fingerprint density at radius 1 is 1.17 bits per heavy atom. The highest BCUT2D eigenvalue weighted by atomic mass is 19.4. The molecule has 0 bridgehead atoms. The quantitative estimate of drug-likeness (QED) is 0.852. The average molecular weight is 338 g/mol. The smallest absolute Gasteiger partial charge is 0.379 e. The highest BCUT2D eigenvalue weighted by Gasteiger charge is 2.34. The minimum atomic E-state index is -4.59. The van der Waals surface area contributed by atoms with Gasteiger partial charge < -0.3 is 4.84 Å². The molecule has 1 N–H and O–H groups in total. The van der Waals surface area contributed by atoms with Crippen LogP contribution in [0.5, 0.6) is 5.75 Å². The molecule has 0 radical (unpaired) electrons. The number of alkyl halides is 3. The topological polar surface area (TPSA) is 51.2 Å². The largest absolute Gasteiger partial charge is 0.433 e. The fourth-order valence-electron chi connectivity index (χ4n) is 2.93. The number of para-hydroxylation sites is 1. The van der Waals surface area contributed by atoms with E-state index in [0.717, 1.165) is 38.2 Å². The summed E-state index contributed by atoms with van der Waals surface area (Å²) >= 11 is 0. The molecule has 0 spiro atoms. The van der Waals surface area contributed by atoms with Gasteiger partial charge in [-0.25, -0.2) is 4.98 Å². The lowest BCUT2D eigenvalue weighted by Gasteiger charge is -2.21. The first kappa shape index (κ1) is 16.5. The van der Waals surface area contributed by atoms with Gasteiger partial charge in [0, 0.05) is 17.4 Å². The predicted octanol–water partition coefficient (Wildman–Crippen LogP) is 4.24. The van der Waals surface area contributed by atoms with E-state index in [4.69, 9.17) is 4.84 Å². The molecule has 1 aromatic heterocycles. The van der Waals surface area contributed by atoms with E-state index in [1.165, 1.54) is 6.07 Å². The number of halogens is 3. The number of benzene rings is 1. The Labute approximate surface area is 137 Å². The minimum absolute atomic E-state index is 0.0583. The van der Waals surface area contributed by atoms with E-state index in [1.807, 2.05) is 0 Å². The van der Waals surface area contributed by atoms with Crippen LogP contribution in [0.25, 0.3) is 10.9 Å². The van der Waals surface area contributed by atoms with Gasteiger partial charge in [0.1, 0.15) is 5.69 Å². The summed E-state index contributed by atoms with van der Waals surface area (Å²) in [5.74, 6) is -0.491. The molecule has 1 fully saturated rings. The zero-order chi connectivity index (χ0) is 17.2. The Bertz CT molecular complexity index is 740. The predicted molar refractivity (Wildman–Crippen MR) is 82.1 cm³/mol. The molecule has 4 nitrogen and oxygen atoms in total. The van der Waals surface area contributed by atoms with Crippen molar-refractivity contribution in [3.05, 3.63) is 36.0 Å². The number of amides is 1.